The van der Waals surface area contributed by atoms with E-state index in [1.165, 1.54) is 10.8 Å². The van der Waals surface area contributed by atoms with E-state index in [4.69, 9.17) is 15.0 Å². The molecule has 220 valence electrons. The van der Waals surface area contributed by atoms with E-state index in [1.807, 2.05) is 36.4 Å². The quantitative estimate of drug-likeness (QED) is 0.197. The minimum Gasteiger partial charge on any atom is -0.308 e. The first-order valence-corrected chi connectivity index (χ1v) is 15.8. The molecule has 4 heteroatoms. The summed E-state index contributed by atoms with van der Waals surface area (Å²) >= 11 is 0. The van der Waals surface area contributed by atoms with Crippen LogP contribution in [0.15, 0.2) is 170 Å². The van der Waals surface area contributed by atoms with Gasteiger partial charge >= 0.3 is 0 Å². The molecule has 0 aliphatic heterocycles. The van der Waals surface area contributed by atoms with Crippen molar-refractivity contribution in [2.24, 2.45) is 0 Å². The third-order valence-electron chi connectivity index (χ3n) is 8.85. The molecule has 0 aliphatic carbocycles. The van der Waals surface area contributed by atoms with Crippen LogP contribution in [0.1, 0.15) is 0 Å². The van der Waals surface area contributed by atoms with Gasteiger partial charge < -0.3 is 4.57 Å². The summed E-state index contributed by atoms with van der Waals surface area (Å²) in [5.74, 6) is 1.91. The maximum absolute atomic E-state index is 5.25. The number of hydrogen-bond donors (Lipinski definition) is 0. The fourth-order valence-electron chi connectivity index (χ4n) is 6.73. The van der Waals surface area contributed by atoms with Crippen molar-refractivity contribution in [2.45, 2.75) is 0 Å². The second-order valence-electron chi connectivity index (χ2n) is 11.6. The minimum absolute atomic E-state index is 0.630. The van der Waals surface area contributed by atoms with Gasteiger partial charge in [-0.1, -0.05) is 152 Å². The molecule has 7 aromatic carbocycles. The smallest absolute Gasteiger partial charge is 0.166 e. The molecule has 4 nitrogen and oxygen atoms in total. The summed E-state index contributed by atoms with van der Waals surface area (Å²) in [6.07, 6.45) is 0. The lowest BCUT2D eigenvalue weighted by atomic mass is 9.92. The summed E-state index contributed by atoms with van der Waals surface area (Å²) < 4.78 is 2.38. The zero-order chi connectivity index (χ0) is 31.2. The van der Waals surface area contributed by atoms with Crippen molar-refractivity contribution in [2.75, 3.05) is 0 Å². The highest BCUT2D eigenvalue weighted by atomic mass is 15.1. The Labute approximate surface area is 272 Å². The minimum atomic E-state index is 0.630. The molecule has 0 unspecified atom stereocenters. The number of hydrogen-bond acceptors (Lipinski definition) is 3. The van der Waals surface area contributed by atoms with E-state index in [2.05, 4.69) is 138 Å². The van der Waals surface area contributed by atoms with Crippen molar-refractivity contribution >= 4 is 32.6 Å². The first-order valence-electron chi connectivity index (χ1n) is 15.8. The van der Waals surface area contributed by atoms with Gasteiger partial charge in [-0.15, -0.1) is 0 Å². The Balaban J connectivity index is 1.46. The van der Waals surface area contributed by atoms with E-state index in [-0.39, 0.29) is 0 Å². The molecule has 9 rings (SSSR count). The van der Waals surface area contributed by atoms with Gasteiger partial charge in [-0.05, 0) is 40.1 Å². The number of para-hydroxylation sites is 2. The Kier molecular flexibility index (Phi) is 6.43. The lowest BCUT2D eigenvalue weighted by Crippen LogP contribution is -2.05. The van der Waals surface area contributed by atoms with Crippen molar-refractivity contribution < 1.29 is 0 Å². The zero-order valence-electron chi connectivity index (χ0n) is 25.5. The predicted molar refractivity (Wildman–Crippen MR) is 193 cm³/mol. The fourth-order valence-corrected chi connectivity index (χ4v) is 6.73. The third kappa shape index (κ3) is 4.58. The Morgan fingerprint density at radius 3 is 1.28 bits per heavy atom. The molecule has 0 spiro atoms. The number of benzene rings is 7. The van der Waals surface area contributed by atoms with Crippen LogP contribution >= 0.6 is 0 Å². The highest BCUT2D eigenvalue weighted by molar-refractivity contribution is 6.13. The largest absolute Gasteiger partial charge is 0.308 e. The Morgan fingerprint density at radius 2 is 0.745 bits per heavy atom. The van der Waals surface area contributed by atoms with Gasteiger partial charge in [0, 0.05) is 21.9 Å². The number of nitrogens with zero attached hydrogens (tertiary/aromatic N) is 4. The van der Waals surface area contributed by atoms with Gasteiger partial charge in [0.15, 0.2) is 17.5 Å². The number of fused-ring (bicyclic) bond motifs is 4. The average molecular weight is 601 g/mol. The summed E-state index contributed by atoms with van der Waals surface area (Å²) in [4.78, 5) is 15.5. The molecule has 2 aromatic heterocycles. The maximum atomic E-state index is 5.25. The third-order valence-corrected chi connectivity index (χ3v) is 8.85. The molecule has 0 bridgehead atoms. The van der Waals surface area contributed by atoms with Gasteiger partial charge in [-0.25, -0.2) is 15.0 Å². The molecule has 0 N–H and O–H groups in total. The lowest BCUT2D eigenvalue weighted by molar-refractivity contribution is 1.07. The molecular formula is C43H28N4. The molecule has 2 heterocycles. The van der Waals surface area contributed by atoms with Gasteiger partial charge in [0.2, 0.25) is 0 Å². The molecule has 0 atom stereocenters. The SMILES string of the molecule is c1ccc(-c2nc(-c3ccccc3)nc(-c3c(-n4c5ccccc5c5ccccc54)cc(-c4ccccc4)c4ccccc34)n2)cc1. The molecule has 0 amide bonds. The van der Waals surface area contributed by atoms with Crippen LogP contribution in [0.2, 0.25) is 0 Å². The number of rotatable bonds is 5. The fraction of sp³-hybridized carbons (Fsp3) is 0. The zero-order valence-corrected chi connectivity index (χ0v) is 25.5. The lowest BCUT2D eigenvalue weighted by Gasteiger charge is -2.19. The second-order valence-corrected chi connectivity index (χ2v) is 11.6. The van der Waals surface area contributed by atoms with Gasteiger partial charge in [-0.3, -0.25) is 0 Å². The first kappa shape index (κ1) is 27.0. The van der Waals surface area contributed by atoms with Crippen LogP contribution in [0.25, 0.3) is 83.6 Å². The Bertz CT molecular complexity index is 2440. The van der Waals surface area contributed by atoms with Crippen LogP contribution < -0.4 is 0 Å². The highest BCUT2D eigenvalue weighted by Crippen LogP contribution is 2.43. The van der Waals surface area contributed by atoms with Crippen LogP contribution in [0, 0.1) is 0 Å². The van der Waals surface area contributed by atoms with Crippen LogP contribution in [-0.2, 0) is 0 Å². The maximum Gasteiger partial charge on any atom is 0.166 e. The van der Waals surface area contributed by atoms with E-state index in [0.29, 0.717) is 17.5 Å². The predicted octanol–water partition coefficient (Wildman–Crippen LogP) is 10.8. The van der Waals surface area contributed by atoms with E-state index < -0.39 is 0 Å². The molecule has 0 aliphatic rings. The highest BCUT2D eigenvalue weighted by Gasteiger charge is 2.23. The van der Waals surface area contributed by atoms with Crippen LogP contribution in [0.5, 0.6) is 0 Å². The van der Waals surface area contributed by atoms with Crippen LogP contribution in [0.4, 0.5) is 0 Å². The Morgan fingerprint density at radius 1 is 0.340 bits per heavy atom. The molecule has 9 aromatic rings. The van der Waals surface area contributed by atoms with Crippen molar-refractivity contribution in [3.05, 3.63) is 170 Å². The average Bonchev–Trinajstić information content (AvgIpc) is 3.49. The van der Waals surface area contributed by atoms with E-state index in [0.717, 1.165) is 55.3 Å². The van der Waals surface area contributed by atoms with Gasteiger partial charge in [0.1, 0.15) is 0 Å². The van der Waals surface area contributed by atoms with Gasteiger partial charge in [-0.2, -0.15) is 0 Å². The summed E-state index contributed by atoms with van der Waals surface area (Å²) in [5.41, 5.74) is 8.43. The van der Waals surface area contributed by atoms with E-state index in [9.17, 15) is 0 Å². The normalized spacial score (nSPS) is 11.4. The second kappa shape index (κ2) is 11.2. The number of aromatic nitrogens is 4. The van der Waals surface area contributed by atoms with Crippen molar-refractivity contribution in [3.8, 4) is 51.0 Å². The summed E-state index contributed by atoms with van der Waals surface area (Å²) in [6.45, 7) is 0. The van der Waals surface area contributed by atoms with Crippen LogP contribution in [0.3, 0.4) is 0 Å². The Hall–Kier alpha value is -6.39. The van der Waals surface area contributed by atoms with E-state index in [1.54, 1.807) is 0 Å². The first-order chi connectivity index (χ1) is 23.3. The molecule has 0 saturated carbocycles. The summed E-state index contributed by atoms with van der Waals surface area (Å²) in [5, 5.41) is 4.62. The summed E-state index contributed by atoms with van der Waals surface area (Å²) in [7, 11) is 0. The summed E-state index contributed by atoms with van der Waals surface area (Å²) in [6, 6.07) is 59.2. The van der Waals surface area contributed by atoms with Gasteiger partial charge in [0.25, 0.3) is 0 Å². The molecule has 47 heavy (non-hydrogen) atoms. The molecule has 0 fully saturated rings. The van der Waals surface area contributed by atoms with Crippen molar-refractivity contribution in [1.82, 2.24) is 19.5 Å². The molecule has 0 radical (unpaired) electrons. The van der Waals surface area contributed by atoms with E-state index >= 15 is 0 Å². The van der Waals surface area contributed by atoms with Crippen molar-refractivity contribution in [3.63, 3.8) is 0 Å². The van der Waals surface area contributed by atoms with Crippen LogP contribution in [-0.4, -0.2) is 19.5 Å². The van der Waals surface area contributed by atoms with Gasteiger partial charge in [0.05, 0.1) is 22.3 Å². The standard InChI is InChI=1S/C43H28N4/c1-4-16-29(17-5-1)36-28-39(47-37-26-14-12-23-33(37)34-24-13-15-27-38(34)47)40(35-25-11-10-22-32(35)36)43-45-41(30-18-6-2-7-19-30)44-42(46-43)31-20-8-3-9-21-31/h1-28H. The monoisotopic (exact) mass is 600 g/mol. The van der Waals surface area contributed by atoms with Crippen molar-refractivity contribution in [1.29, 1.82) is 0 Å². The molecule has 0 saturated heterocycles. The topological polar surface area (TPSA) is 43.6 Å². The molecular weight excluding hydrogens is 573 g/mol.